The largest absolute Gasteiger partial charge is 0.497 e. The van der Waals surface area contributed by atoms with Crippen LogP contribution >= 0.6 is 23.4 Å². The zero-order chi connectivity index (χ0) is 23.4. The Labute approximate surface area is 200 Å². The molecule has 0 aliphatic carbocycles. The van der Waals surface area contributed by atoms with Gasteiger partial charge in [-0.2, -0.15) is 0 Å². The van der Waals surface area contributed by atoms with Gasteiger partial charge < -0.3 is 10.1 Å². The van der Waals surface area contributed by atoms with Crippen molar-refractivity contribution in [2.24, 2.45) is 0 Å². The number of aromatic nitrogens is 2. The number of thioether (sulfide) groups is 1. The summed E-state index contributed by atoms with van der Waals surface area (Å²) in [7, 11) is 1.61. The number of benzene rings is 3. The van der Waals surface area contributed by atoms with Crippen LogP contribution in [0, 0.1) is 0 Å². The van der Waals surface area contributed by atoms with E-state index in [2.05, 4.69) is 10.3 Å². The van der Waals surface area contributed by atoms with Crippen molar-refractivity contribution in [3.8, 4) is 11.4 Å². The number of nitrogens with zero attached hydrogens (tertiary/aromatic N) is 2. The Morgan fingerprint density at radius 2 is 1.79 bits per heavy atom. The van der Waals surface area contributed by atoms with Crippen molar-refractivity contribution in [2.75, 3.05) is 7.11 Å². The first-order valence-corrected chi connectivity index (χ1v) is 11.6. The van der Waals surface area contributed by atoms with E-state index in [4.69, 9.17) is 16.3 Å². The number of rotatable bonds is 7. The smallest absolute Gasteiger partial charge is 0.266 e. The van der Waals surface area contributed by atoms with Crippen LogP contribution < -0.4 is 15.6 Å². The summed E-state index contributed by atoms with van der Waals surface area (Å²) in [5.41, 5.74) is 1.81. The number of nitrogens with one attached hydrogen (secondary N) is 1. The maximum atomic E-state index is 13.4. The molecule has 0 saturated heterocycles. The molecule has 0 aliphatic rings. The number of carbonyl (C=O) groups excluding carboxylic acids is 1. The minimum Gasteiger partial charge on any atom is -0.497 e. The number of halogens is 1. The molecule has 1 aromatic heterocycles. The maximum absolute atomic E-state index is 13.4. The number of methoxy groups -OCH3 is 1. The van der Waals surface area contributed by atoms with Crippen molar-refractivity contribution < 1.29 is 9.53 Å². The normalized spacial score (nSPS) is 11.8. The molecule has 1 unspecified atom stereocenters. The van der Waals surface area contributed by atoms with Crippen LogP contribution in [-0.4, -0.2) is 27.8 Å². The van der Waals surface area contributed by atoms with Crippen LogP contribution in [0.1, 0.15) is 12.5 Å². The molecule has 0 saturated carbocycles. The fourth-order valence-corrected chi connectivity index (χ4v) is 4.49. The molecular weight excluding hydrogens is 458 g/mol. The third-order valence-corrected chi connectivity index (χ3v) is 6.49. The first-order valence-electron chi connectivity index (χ1n) is 10.3. The van der Waals surface area contributed by atoms with Crippen molar-refractivity contribution in [3.63, 3.8) is 0 Å². The van der Waals surface area contributed by atoms with Crippen molar-refractivity contribution in [3.05, 3.63) is 93.7 Å². The number of carbonyl (C=O) groups is 1. The van der Waals surface area contributed by atoms with Gasteiger partial charge in [0.15, 0.2) is 5.16 Å². The summed E-state index contributed by atoms with van der Waals surface area (Å²) in [6.45, 7) is 2.17. The molecule has 0 spiro atoms. The number of hydrogen-bond acceptors (Lipinski definition) is 5. The molecule has 168 valence electrons. The van der Waals surface area contributed by atoms with Gasteiger partial charge in [-0.3, -0.25) is 14.2 Å². The summed E-state index contributed by atoms with van der Waals surface area (Å²) in [5, 5.41) is 3.75. The van der Waals surface area contributed by atoms with Crippen molar-refractivity contribution in [2.45, 2.75) is 23.9 Å². The fourth-order valence-electron chi connectivity index (χ4n) is 3.32. The number of amides is 1. The highest BCUT2D eigenvalue weighted by atomic mass is 35.5. The van der Waals surface area contributed by atoms with Gasteiger partial charge in [-0.15, -0.1) is 0 Å². The molecule has 1 N–H and O–H groups in total. The van der Waals surface area contributed by atoms with E-state index in [1.165, 1.54) is 16.3 Å². The molecule has 33 heavy (non-hydrogen) atoms. The van der Waals surface area contributed by atoms with Crippen molar-refractivity contribution >= 4 is 40.2 Å². The zero-order valence-corrected chi connectivity index (χ0v) is 19.7. The Morgan fingerprint density at radius 1 is 1.09 bits per heavy atom. The van der Waals surface area contributed by atoms with Gasteiger partial charge in [-0.25, -0.2) is 4.98 Å². The lowest BCUT2D eigenvalue weighted by molar-refractivity contribution is -0.120. The topological polar surface area (TPSA) is 73.2 Å². The average molecular weight is 480 g/mol. The lowest BCUT2D eigenvalue weighted by Gasteiger charge is -2.17. The van der Waals surface area contributed by atoms with E-state index in [0.717, 1.165) is 11.3 Å². The van der Waals surface area contributed by atoms with E-state index >= 15 is 0 Å². The van der Waals surface area contributed by atoms with Gasteiger partial charge in [-0.05, 0) is 48.9 Å². The summed E-state index contributed by atoms with van der Waals surface area (Å²) in [6.07, 6.45) is 0. The zero-order valence-electron chi connectivity index (χ0n) is 18.1. The van der Waals surface area contributed by atoms with Crippen LogP contribution in [0.15, 0.2) is 82.7 Å². The number of para-hydroxylation sites is 2. The van der Waals surface area contributed by atoms with E-state index in [0.29, 0.717) is 33.3 Å². The average Bonchev–Trinajstić information content (AvgIpc) is 2.84. The Bertz CT molecular complexity index is 1360. The predicted molar refractivity (Wildman–Crippen MR) is 133 cm³/mol. The van der Waals surface area contributed by atoms with E-state index in [1.54, 1.807) is 50.4 Å². The fraction of sp³-hybridized carbons (Fsp3) is 0.160. The predicted octanol–water partition coefficient (Wildman–Crippen LogP) is 4.84. The van der Waals surface area contributed by atoms with Crippen LogP contribution in [0.3, 0.4) is 0 Å². The van der Waals surface area contributed by atoms with Crippen molar-refractivity contribution in [1.29, 1.82) is 0 Å². The second kappa shape index (κ2) is 10.1. The molecule has 1 amide bonds. The van der Waals surface area contributed by atoms with E-state index < -0.39 is 5.25 Å². The van der Waals surface area contributed by atoms with Crippen LogP contribution in [0.2, 0.25) is 5.02 Å². The van der Waals surface area contributed by atoms with Crippen LogP contribution in [0.5, 0.6) is 5.75 Å². The molecule has 3 aromatic carbocycles. The summed E-state index contributed by atoms with van der Waals surface area (Å²) < 4.78 is 6.64. The molecule has 0 aliphatic heterocycles. The summed E-state index contributed by atoms with van der Waals surface area (Å²) in [6, 6.07) is 21.7. The van der Waals surface area contributed by atoms with Gasteiger partial charge in [0.1, 0.15) is 5.75 Å². The second-order valence-corrected chi connectivity index (χ2v) is 9.04. The quantitative estimate of drug-likeness (QED) is 0.303. The first kappa shape index (κ1) is 22.9. The Balaban J connectivity index is 1.61. The molecule has 0 fully saturated rings. The molecule has 4 aromatic rings. The standard InChI is InChI=1S/C25H22ClN3O3S/c1-16(23(30)27-15-17-11-13-18(32-2)14-12-17)33-25-28-21-9-5-3-7-19(21)24(31)29(25)22-10-6-4-8-20(22)26/h3-14,16H,15H2,1-2H3,(H,27,30). The number of ether oxygens (including phenoxy) is 1. The molecule has 0 radical (unpaired) electrons. The van der Waals surface area contributed by atoms with E-state index in [1.807, 2.05) is 36.4 Å². The minimum atomic E-state index is -0.495. The van der Waals surface area contributed by atoms with Gasteiger partial charge in [0, 0.05) is 6.54 Å². The van der Waals surface area contributed by atoms with E-state index in [9.17, 15) is 9.59 Å². The molecule has 4 rings (SSSR count). The van der Waals surface area contributed by atoms with Gasteiger partial charge in [0.05, 0.1) is 34.0 Å². The third kappa shape index (κ3) is 5.05. The number of fused-ring (bicyclic) bond motifs is 1. The lowest BCUT2D eigenvalue weighted by Crippen LogP contribution is -2.31. The Hall–Kier alpha value is -3.29. The SMILES string of the molecule is COc1ccc(CNC(=O)C(C)Sc2nc3ccccc3c(=O)n2-c2ccccc2Cl)cc1. The molecular formula is C25H22ClN3O3S. The summed E-state index contributed by atoms with van der Waals surface area (Å²) in [5.74, 6) is 0.595. The highest BCUT2D eigenvalue weighted by Gasteiger charge is 2.21. The first-order chi connectivity index (χ1) is 16.0. The second-order valence-electron chi connectivity index (χ2n) is 7.33. The molecule has 0 bridgehead atoms. The molecule has 8 heteroatoms. The minimum absolute atomic E-state index is 0.163. The Morgan fingerprint density at radius 3 is 2.52 bits per heavy atom. The highest BCUT2D eigenvalue weighted by molar-refractivity contribution is 8.00. The van der Waals surface area contributed by atoms with Crippen LogP contribution in [0.4, 0.5) is 0 Å². The molecule has 6 nitrogen and oxygen atoms in total. The lowest BCUT2D eigenvalue weighted by atomic mass is 10.2. The maximum Gasteiger partial charge on any atom is 0.266 e. The van der Waals surface area contributed by atoms with Crippen LogP contribution in [-0.2, 0) is 11.3 Å². The highest BCUT2D eigenvalue weighted by Crippen LogP contribution is 2.28. The van der Waals surface area contributed by atoms with Crippen LogP contribution in [0.25, 0.3) is 16.6 Å². The van der Waals surface area contributed by atoms with Gasteiger partial charge in [0.25, 0.3) is 5.56 Å². The monoisotopic (exact) mass is 479 g/mol. The Kier molecular flexibility index (Phi) is 7.01. The van der Waals surface area contributed by atoms with Crippen molar-refractivity contribution in [1.82, 2.24) is 14.9 Å². The summed E-state index contributed by atoms with van der Waals surface area (Å²) in [4.78, 5) is 30.9. The van der Waals surface area contributed by atoms with Gasteiger partial charge >= 0.3 is 0 Å². The summed E-state index contributed by atoms with van der Waals surface area (Å²) >= 11 is 7.62. The molecule has 1 atom stereocenters. The number of hydrogen-bond donors (Lipinski definition) is 1. The van der Waals surface area contributed by atoms with E-state index in [-0.39, 0.29) is 11.5 Å². The van der Waals surface area contributed by atoms with Gasteiger partial charge in [-0.1, -0.05) is 59.8 Å². The third-order valence-electron chi connectivity index (χ3n) is 5.12. The van der Waals surface area contributed by atoms with Gasteiger partial charge in [0.2, 0.25) is 5.91 Å². The molecule has 1 heterocycles.